The van der Waals surface area contributed by atoms with Crippen LogP contribution < -0.4 is 10.1 Å². The Hall–Kier alpha value is -2.90. The van der Waals surface area contributed by atoms with Gasteiger partial charge in [-0.05, 0) is 35.0 Å². The van der Waals surface area contributed by atoms with Crippen molar-refractivity contribution in [3.05, 3.63) is 41.1 Å². The van der Waals surface area contributed by atoms with E-state index in [-0.39, 0.29) is 0 Å². The Morgan fingerprint density at radius 2 is 2.18 bits per heavy atom. The predicted octanol–water partition coefficient (Wildman–Crippen LogP) is 1.14. The van der Waals surface area contributed by atoms with Gasteiger partial charge >= 0.3 is 5.97 Å². The van der Waals surface area contributed by atoms with Gasteiger partial charge in [0.25, 0.3) is 0 Å². The van der Waals surface area contributed by atoms with Crippen LogP contribution in [-0.2, 0) is 9.53 Å². The number of tetrazole rings is 1. The Morgan fingerprint density at radius 1 is 1.36 bits per heavy atom. The molecule has 0 saturated heterocycles. The lowest BCUT2D eigenvalue weighted by Gasteiger charge is -2.27. The van der Waals surface area contributed by atoms with Gasteiger partial charge in [-0.1, -0.05) is 17.2 Å². The monoisotopic (exact) mass is 301 g/mol. The Bertz CT molecular complexity index is 752. The lowest BCUT2D eigenvalue weighted by atomic mass is 9.95. The number of anilines is 1. The van der Waals surface area contributed by atoms with Crippen LogP contribution in [0.25, 0.3) is 0 Å². The quantitative estimate of drug-likeness (QED) is 0.850. The second kappa shape index (κ2) is 5.47. The molecule has 1 aromatic carbocycles. The van der Waals surface area contributed by atoms with Crippen molar-refractivity contribution < 1.29 is 14.3 Å². The van der Waals surface area contributed by atoms with Crippen molar-refractivity contribution in [1.82, 2.24) is 20.2 Å². The van der Waals surface area contributed by atoms with Crippen LogP contribution in [-0.4, -0.2) is 40.4 Å². The van der Waals surface area contributed by atoms with Crippen molar-refractivity contribution >= 4 is 11.9 Å². The molecular weight excluding hydrogens is 286 g/mol. The maximum Gasteiger partial charge on any atom is 0.338 e. The van der Waals surface area contributed by atoms with Crippen molar-refractivity contribution in [3.63, 3.8) is 0 Å². The van der Waals surface area contributed by atoms with E-state index in [1.807, 2.05) is 24.3 Å². The molecule has 1 aromatic heterocycles. The van der Waals surface area contributed by atoms with Gasteiger partial charge in [-0.3, -0.25) is 0 Å². The van der Waals surface area contributed by atoms with Gasteiger partial charge in [-0.2, -0.15) is 4.68 Å². The third kappa shape index (κ3) is 2.18. The first-order valence-corrected chi connectivity index (χ1v) is 6.63. The average Bonchev–Trinajstić information content (AvgIpc) is 3.00. The second-order valence-electron chi connectivity index (χ2n) is 4.78. The molecule has 22 heavy (non-hydrogen) atoms. The Balaban J connectivity index is 2.18. The van der Waals surface area contributed by atoms with Crippen molar-refractivity contribution in [3.8, 4) is 5.75 Å². The maximum absolute atomic E-state index is 12.2. The fourth-order valence-electron chi connectivity index (χ4n) is 2.51. The number of ether oxygens (including phenoxy) is 2. The molecule has 8 nitrogen and oxygen atoms in total. The van der Waals surface area contributed by atoms with Crippen LogP contribution in [0.1, 0.15) is 18.5 Å². The zero-order valence-corrected chi connectivity index (χ0v) is 12.4. The summed E-state index contributed by atoms with van der Waals surface area (Å²) in [5, 5.41) is 14.6. The number of hydrogen-bond donors (Lipinski definition) is 1. The van der Waals surface area contributed by atoms with Crippen LogP contribution in [0.3, 0.4) is 0 Å². The number of nitrogens with zero attached hydrogens (tertiary/aromatic N) is 4. The highest BCUT2D eigenvalue weighted by Gasteiger charge is 2.34. The van der Waals surface area contributed by atoms with E-state index in [9.17, 15) is 4.79 Å². The van der Waals surface area contributed by atoms with Crippen molar-refractivity contribution in [2.24, 2.45) is 0 Å². The number of nitrogens with one attached hydrogen (secondary N) is 1. The number of carbonyl (C=O) groups excluding carboxylic acids is 1. The lowest BCUT2D eigenvalue weighted by Crippen LogP contribution is -2.29. The van der Waals surface area contributed by atoms with E-state index in [0.29, 0.717) is 23.0 Å². The van der Waals surface area contributed by atoms with Crippen LogP contribution in [0, 0.1) is 0 Å². The number of aromatic nitrogens is 4. The molecule has 0 amide bonds. The summed E-state index contributed by atoms with van der Waals surface area (Å²) in [4.78, 5) is 12.2. The summed E-state index contributed by atoms with van der Waals surface area (Å²) >= 11 is 0. The first kappa shape index (κ1) is 14.1. The number of benzene rings is 1. The minimum Gasteiger partial charge on any atom is -0.497 e. The van der Waals surface area contributed by atoms with Crippen LogP contribution in [0.5, 0.6) is 5.75 Å². The number of rotatable bonds is 3. The zero-order chi connectivity index (χ0) is 15.7. The second-order valence-corrected chi connectivity index (χ2v) is 4.78. The molecular formula is C14H15N5O3. The fraction of sp³-hybridized carbons (Fsp3) is 0.286. The van der Waals surface area contributed by atoms with E-state index in [1.54, 1.807) is 18.7 Å². The van der Waals surface area contributed by atoms with E-state index in [0.717, 1.165) is 5.56 Å². The van der Waals surface area contributed by atoms with Crippen molar-refractivity contribution in [2.45, 2.75) is 13.0 Å². The van der Waals surface area contributed by atoms with Gasteiger partial charge in [0, 0.05) is 5.70 Å². The largest absolute Gasteiger partial charge is 0.497 e. The van der Waals surface area contributed by atoms with E-state index < -0.39 is 12.0 Å². The summed E-state index contributed by atoms with van der Waals surface area (Å²) in [5.41, 5.74) is 1.94. The molecule has 0 bridgehead atoms. The van der Waals surface area contributed by atoms with Crippen molar-refractivity contribution in [2.75, 3.05) is 19.5 Å². The third-order valence-electron chi connectivity index (χ3n) is 3.53. The molecule has 114 valence electrons. The first-order chi connectivity index (χ1) is 10.7. The van der Waals surface area contributed by atoms with Gasteiger partial charge < -0.3 is 14.8 Å². The third-order valence-corrected chi connectivity index (χ3v) is 3.53. The van der Waals surface area contributed by atoms with Gasteiger partial charge in [-0.15, -0.1) is 0 Å². The van der Waals surface area contributed by atoms with Gasteiger partial charge in [0.15, 0.2) is 0 Å². The summed E-state index contributed by atoms with van der Waals surface area (Å²) in [7, 11) is 2.94. The normalized spacial score (nSPS) is 16.8. The molecule has 0 saturated carbocycles. The number of hydrogen-bond acceptors (Lipinski definition) is 7. The molecule has 1 aliphatic rings. The maximum atomic E-state index is 12.2. The standard InChI is InChI=1S/C14H15N5O3/c1-8-11(13(20)22-3)12(19-14(15-8)16-17-18-19)9-5-4-6-10(7-9)21-2/h4-7,12H,1-3H3,(H,15,16,18)/t12-/m0/s1. The van der Waals surface area contributed by atoms with Crippen LogP contribution in [0.4, 0.5) is 5.95 Å². The summed E-state index contributed by atoms with van der Waals surface area (Å²) in [6.07, 6.45) is 0. The first-order valence-electron chi connectivity index (χ1n) is 6.63. The summed E-state index contributed by atoms with van der Waals surface area (Å²) in [5.74, 6) is 0.726. The van der Waals surface area contributed by atoms with Crippen LogP contribution in [0.2, 0.25) is 0 Å². The average molecular weight is 301 g/mol. The molecule has 2 aromatic rings. The molecule has 1 atom stereocenters. The van der Waals surface area contributed by atoms with Crippen LogP contribution in [0.15, 0.2) is 35.5 Å². The molecule has 1 N–H and O–H groups in total. The predicted molar refractivity (Wildman–Crippen MR) is 77.3 cm³/mol. The molecule has 1 aliphatic heterocycles. The number of methoxy groups -OCH3 is 2. The molecule has 0 radical (unpaired) electrons. The van der Waals surface area contributed by atoms with E-state index in [4.69, 9.17) is 9.47 Å². The number of fused-ring (bicyclic) bond motifs is 1. The molecule has 3 rings (SSSR count). The lowest BCUT2D eigenvalue weighted by molar-refractivity contribution is -0.136. The molecule has 2 heterocycles. The number of carbonyl (C=O) groups is 1. The highest BCUT2D eigenvalue weighted by Crippen LogP contribution is 2.35. The smallest absolute Gasteiger partial charge is 0.338 e. The number of esters is 1. The molecule has 0 unspecified atom stereocenters. The zero-order valence-electron chi connectivity index (χ0n) is 12.4. The minimum absolute atomic E-state index is 0.432. The van der Waals surface area contributed by atoms with Gasteiger partial charge in [0.1, 0.15) is 11.8 Å². The Kier molecular flexibility index (Phi) is 3.50. The molecule has 0 spiro atoms. The van der Waals surface area contributed by atoms with E-state index >= 15 is 0 Å². The summed E-state index contributed by atoms with van der Waals surface area (Å²) in [6.45, 7) is 1.79. The number of allylic oxidation sites excluding steroid dienone is 1. The fourth-order valence-corrected chi connectivity index (χ4v) is 2.51. The minimum atomic E-state index is -0.478. The highest BCUT2D eigenvalue weighted by atomic mass is 16.5. The Labute approximate surface area is 126 Å². The van der Waals surface area contributed by atoms with Crippen LogP contribution >= 0.6 is 0 Å². The van der Waals surface area contributed by atoms with Crippen molar-refractivity contribution in [1.29, 1.82) is 0 Å². The van der Waals surface area contributed by atoms with E-state index in [2.05, 4.69) is 20.8 Å². The molecule has 8 heteroatoms. The SMILES string of the molecule is COC(=O)C1=C(C)Nc2nnnn2[C@H]1c1cccc(OC)c1. The van der Waals surface area contributed by atoms with Gasteiger partial charge in [0.05, 0.1) is 19.8 Å². The summed E-state index contributed by atoms with van der Waals surface area (Å²) in [6, 6.07) is 6.94. The Morgan fingerprint density at radius 3 is 2.91 bits per heavy atom. The van der Waals surface area contributed by atoms with Gasteiger partial charge in [-0.25, -0.2) is 4.79 Å². The van der Waals surface area contributed by atoms with E-state index in [1.165, 1.54) is 7.11 Å². The highest BCUT2D eigenvalue weighted by molar-refractivity contribution is 5.92. The topological polar surface area (TPSA) is 91.2 Å². The summed E-state index contributed by atoms with van der Waals surface area (Å²) < 4.78 is 11.7. The van der Waals surface area contributed by atoms with Gasteiger partial charge in [0.2, 0.25) is 5.95 Å². The molecule has 0 aliphatic carbocycles. The molecule has 0 fully saturated rings.